The predicted octanol–water partition coefficient (Wildman–Crippen LogP) is 1.31. The fourth-order valence-corrected chi connectivity index (χ4v) is 1.47. The highest BCUT2D eigenvalue weighted by molar-refractivity contribution is 8.00. The highest BCUT2D eigenvalue weighted by Gasteiger charge is 2.51. The molecular weight excluding hydrogens is 217 g/mol. The summed E-state index contributed by atoms with van der Waals surface area (Å²) < 4.78 is 12.9. The molecule has 1 fully saturated rings. The molecule has 3 nitrogen and oxygen atoms in total. The van der Waals surface area contributed by atoms with Gasteiger partial charge in [0.05, 0.1) is 6.04 Å². The van der Waals surface area contributed by atoms with Crippen molar-refractivity contribution in [2.45, 2.75) is 43.1 Å². The molecular formula is C10H16FNO2S. The first-order valence-corrected chi connectivity index (χ1v) is 6.08. The molecule has 5 heteroatoms. The minimum Gasteiger partial charge on any atom is -0.342 e. The Labute approximate surface area is 93.2 Å². The number of thioether (sulfide) groups is 1. The third kappa shape index (κ3) is 2.71. The van der Waals surface area contributed by atoms with Crippen molar-refractivity contribution in [1.29, 1.82) is 0 Å². The van der Waals surface area contributed by atoms with Crippen molar-refractivity contribution >= 4 is 24.0 Å². The van der Waals surface area contributed by atoms with Gasteiger partial charge in [-0.15, -0.1) is 0 Å². The van der Waals surface area contributed by atoms with E-state index in [0.717, 1.165) is 0 Å². The summed E-state index contributed by atoms with van der Waals surface area (Å²) in [7, 11) is 0. The molecule has 1 rings (SSSR count). The summed E-state index contributed by atoms with van der Waals surface area (Å²) in [6.07, 6.45) is 3.05. The molecule has 1 amide bonds. The Balaban J connectivity index is 2.61. The van der Waals surface area contributed by atoms with Gasteiger partial charge in [0, 0.05) is 4.75 Å². The Morgan fingerprint density at radius 2 is 2.13 bits per heavy atom. The minimum atomic E-state index is -1.71. The molecule has 1 N–H and O–H groups in total. The predicted molar refractivity (Wildman–Crippen MR) is 58.7 cm³/mol. The summed E-state index contributed by atoms with van der Waals surface area (Å²) in [4.78, 5) is 22.2. The molecule has 1 aliphatic rings. The van der Waals surface area contributed by atoms with E-state index in [1.54, 1.807) is 0 Å². The van der Waals surface area contributed by atoms with Crippen LogP contribution in [0.5, 0.6) is 0 Å². The van der Waals surface area contributed by atoms with E-state index in [0.29, 0.717) is 6.29 Å². The number of carbonyl (C=O) groups is 2. The second kappa shape index (κ2) is 4.12. The Morgan fingerprint density at radius 3 is 2.47 bits per heavy atom. The number of hydrogen-bond acceptors (Lipinski definition) is 3. The van der Waals surface area contributed by atoms with E-state index in [-0.39, 0.29) is 12.8 Å². The van der Waals surface area contributed by atoms with E-state index in [9.17, 15) is 14.0 Å². The molecule has 15 heavy (non-hydrogen) atoms. The molecule has 0 aromatic carbocycles. The van der Waals surface area contributed by atoms with Gasteiger partial charge in [-0.3, -0.25) is 4.79 Å². The lowest BCUT2D eigenvalue weighted by atomic mass is 10.0. The fourth-order valence-electron chi connectivity index (χ4n) is 1.11. The van der Waals surface area contributed by atoms with Crippen LogP contribution in [0.1, 0.15) is 26.7 Å². The minimum absolute atomic E-state index is 0.268. The monoisotopic (exact) mass is 233 g/mol. The van der Waals surface area contributed by atoms with Crippen LogP contribution in [-0.4, -0.2) is 34.9 Å². The first-order chi connectivity index (χ1) is 6.85. The van der Waals surface area contributed by atoms with Crippen LogP contribution in [0.3, 0.4) is 0 Å². The van der Waals surface area contributed by atoms with Crippen molar-refractivity contribution < 1.29 is 14.0 Å². The quantitative estimate of drug-likeness (QED) is 0.728. The average molecular weight is 233 g/mol. The Bertz CT molecular complexity index is 277. The maximum Gasteiger partial charge on any atom is 0.258 e. The van der Waals surface area contributed by atoms with Crippen molar-refractivity contribution in [3.63, 3.8) is 0 Å². The van der Waals surface area contributed by atoms with Crippen molar-refractivity contribution in [2.75, 3.05) is 6.26 Å². The zero-order valence-corrected chi connectivity index (χ0v) is 9.99. The molecule has 0 radical (unpaired) electrons. The summed E-state index contributed by atoms with van der Waals surface area (Å²) in [5, 5.41) is 2.46. The van der Waals surface area contributed by atoms with Gasteiger partial charge >= 0.3 is 0 Å². The zero-order chi connectivity index (χ0) is 11.7. The summed E-state index contributed by atoms with van der Waals surface area (Å²) >= 11 is 1.46. The van der Waals surface area contributed by atoms with Gasteiger partial charge in [-0.25, -0.2) is 4.39 Å². The Kier molecular flexibility index (Phi) is 3.43. The van der Waals surface area contributed by atoms with Crippen molar-refractivity contribution in [3.05, 3.63) is 0 Å². The van der Waals surface area contributed by atoms with Crippen molar-refractivity contribution in [1.82, 2.24) is 5.32 Å². The maximum absolute atomic E-state index is 13.3. The molecule has 86 valence electrons. The number of halogens is 1. The summed E-state index contributed by atoms with van der Waals surface area (Å²) in [6, 6.07) is -0.645. The molecule has 1 saturated carbocycles. The molecule has 0 heterocycles. The average Bonchev–Trinajstić information content (AvgIpc) is 2.93. The van der Waals surface area contributed by atoms with E-state index in [2.05, 4.69) is 5.32 Å². The molecule has 1 atom stereocenters. The van der Waals surface area contributed by atoms with Gasteiger partial charge in [-0.1, -0.05) is 0 Å². The first-order valence-electron chi connectivity index (χ1n) is 4.86. The second-order valence-corrected chi connectivity index (χ2v) is 5.82. The maximum atomic E-state index is 13.3. The van der Waals surface area contributed by atoms with Gasteiger partial charge in [0.1, 0.15) is 6.29 Å². The van der Waals surface area contributed by atoms with Gasteiger partial charge < -0.3 is 10.1 Å². The van der Waals surface area contributed by atoms with E-state index >= 15 is 0 Å². The van der Waals surface area contributed by atoms with Crippen LogP contribution in [0.15, 0.2) is 0 Å². The van der Waals surface area contributed by atoms with E-state index in [1.807, 2.05) is 20.1 Å². The van der Waals surface area contributed by atoms with Crippen molar-refractivity contribution in [3.8, 4) is 0 Å². The highest BCUT2D eigenvalue weighted by atomic mass is 32.2. The smallest absolute Gasteiger partial charge is 0.258 e. The third-order valence-corrected chi connectivity index (χ3v) is 4.10. The van der Waals surface area contributed by atoms with Crippen LogP contribution in [-0.2, 0) is 9.59 Å². The molecule has 0 bridgehead atoms. The number of alkyl halides is 1. The molecule has 0 saturated heterocycles. The van der Waals surface area contributed by atoms with Crippen LogP contribution in [0.4, 0.5) is 4.39 Å². The van der Waals surface area contributed by atoms with Crippen LogP contribution < -0.4 is 5.32 Å². The number of aldehydes is 1. The number of rotatable bonds is 5. The number of hydrogen-bond donors (Lipinski definition) is 1. The zero-order valence-electron chi connectivity index (χ0n) is 9.17. The van der Waals surface area contributed by atoms with Gasteiger partial charge in [-0.2, -0.15) is 11.8 Å². The Morgan fingerprint density at radius 1 is 1.60 bits per heavy atom. The fraction of sp³-hybridized carbons (Fsp3) is 0.800. The first kappa shape index (κ1) is 12.5. The summed E-state index contributed by atoms with van der Waals surface area (Å²) in [6.45, 7) is 3.68. The van der Waals surface area contributed by atoms with E-state index in [1.165, 1.54) is 11.8 Å². The van der Waals surface area contributed by atoms with Crippen LogP contribution in [0.2, 0.25) is 0 Å². The Hall–Kier alpha value is -0.580. The summed E-state index contributed by atoms with van der Waals surface area (Å²) in [5.41, 5.74) is -1.71. The highest BCUT2D eigenvalue weighted by Crippen LogP contribution is 2.40. The third-order valence-electron chi connectivity index (χ3n) is 2.79. The number of carbonyl (C=O) groups excluding carboxylic acids is 2. The molecule has 0 aliphatic heterocycles. The van der Waals surface area contributed by atoms with E-state index < -0.39 is 22.4 Å². The van der Waals surface area contributed by atoms with Crippen molar-refractivity contribution in [2.24, 2.45) is 0 Å². The SMILES string of the molecule is CSC(C)(C)C(C=O)NC(=O)C1(F)CC1. The molecule has 0 aromatic rings. The standard InChI is InChI=1S/C10H16FNO2S/c1-9(2,15-3)7(6-13)12-8(14)10(11)4-5-10/h6-7H,4-5H2,1-3H3,(H,12,14). The van der Waals surface area contributed by atoms with Gasteiger partial charge in [-0.05, 0) is 32.9 Å². The number of amides is 1. The second-order valence-electron chi connectivity index (χ2n) is 4.36. The lowest BCUT2D eigenvalue weighted by molar-refractivity contribution is -0.130. The summed E-state index contributed by atoms with van der Waals surface area (Å²) in [5.74, 6) is -0.651. The molecule has 1 aliphatic carbocycles. The number of nitrogens with one attached hydrogen (secondary N) is 1. The largest absolute Gasteiger partial charge is 0.342 e. The topological polar surface area (TPSA) is 46.2 Å². The van der Waals surface area contributed by atoms with Gasteiger partial charge in [0.2, 0.25) is 0 Å². The molecule has 1 unspecified atom stereocenters. The lowest BCUT2D eigenvalue weighted by Crippen LogP contribution is -2.51. The van der Waals surface area contributed by atoms with Crippen LogP contribution >= 0.6 is 11.8 Å². The van der Waals surface area contributed by atoms with Gasteiger partial charge in [0.15, 0.2) is 5.67 Å². The van der Waals surface area contributed by atoms with Gasteiger partial charge in [0.25, 0.3) is 5.91 Å². The molecule has 0 spiro atoms. The van der Waals surface area contributed by atoms with E-state index in [4.69, 9.17) is 0 Å². The normalized spacial score (nSPS) is 20.5. The lowest BCUT2D eigenvalue weighted by Gasteiger charge is -2.29. The molecule has 0 aromatic heterocycles. The van der Waals surface area contributed by atoms with Crippen LogP contribution in [0.25, 0.3) is 0 Å². The van der Waals surface area contributed by atoms with Crippen LogP contribution in [0, 0.1) is 0 Å².